The van der Waals surface area contributed by atoms with Crippen LogP contribution in [0.4, 0.5) is 0 Å². The van der Waals surface area contributed by atoms with Crippen molar-refractivity contribution in [3.63, 3.8) is 0 Å². The van der Waals surface area contributed by atoms with Gasteiger partial charge in [-0.3, -0.25) is 0 Å². The predicted octanol–water partition coefficient (Wildman–Crippen LogP) is 0.920. The SMILES string of the molecule is C=C(C)C1CCC2(C)C1CC(O)/C(C)=C/CCC1(C)OC1C2O[C@@H]1O[C@@H](C)[C@H](O[C@@H]2OC[C@H](O)[C@H](O)[C@H]2O)[C@@H](O)[C@H]1O. The Kier molecular flexibility index (Phi) is 9.34. The molecule has 0 aromatic carbocycles. The summed E-state index contributed by atoms with van der Waals surface area (Å²) < 4.78 is 30.3. The average molecular weight is 599 g/mol. The molecule has 4 fully saturated rings. The van der Waals surface area contributed by atoms with E-state index in [1.807, 2.05) is 13.8 Å². The summed E-state index contributed by atoms with van der Waals surface area (Å²) in [5.41, 5.74) is 1.13. The molecule has 1 saturated carbocycles. The van der Waals surface area contributed by atoms with Crippen molar-refractivity contribution in [2.75, 3.05) is 6.61 Å². The van der Waals surface area contributed by atoms with E-state index < -0.39 is 78.5 Å². The van der Waals surface area contributed by atoms with E-state index in [9.17, 15) is 30.6 Å². The van der Waals surface area contributed by atoms with Gasteiger partial charge in [-0.25, -0.2) is 0 Å². The summed E-state index contributed by atoms with van der Waals surface area (Å²) in [4.78, 5) is 0. The molecule has 0 aromatic heterocycles. The summed E-state index contributed by atoms with van der Waals surface area (Å²) in [5.74, 6) is 0.223. The molecule has 2 aliphatic carbocycles. The Labute approximate surface area is 248 Å². The largest absolute Gasteiger partial charge is 0.389 e. The van der Waals surface area contributed by atoms with Crippen LogP contribution in [0, 0.1) is 17.3 Å². The molecule has 5 aliphatic rings. The molecule has 0 radical (unpaired) electrons. The van der Waals surface area contributed by atoms with Gasteiger partial charge in [-0.1, -0.05) is 25.2 Å². The van der Waals surface area contributed by atoms with Gasteiger partial charge in [0.1, 0.15) is 42.7 Å². The van der Waals surface area contributed by atoms with E-state index in [1.54, 1.807) is 6.92 Å². The first-order valence-electron chi connectivity index (χ1n) is 15.3. The predicted molar refractivity (Wildman–Crippen MR) is 150 cm³/mol. The molecule has 240 valence electrons. The molecule has 5 rings (SSSR count). The average Bonchev–Trinajstić information content (AvgIpc) is 3.48. The van der Waals surface area contributed by atoms with E-state index >= 15 is 0 Å². The zero-order valence-corrected chi connectivity index (χ0v) is 25.3. The topological polar surface area (TPSA) is 171 Å². The van der Waals surface area contributed by atoms with Crippen LogP contribution in [0.15, 0.2) is 23.8 Å². The molecule has 16 atom stereocenters. The molecule has 6 N–H and O–H groups in total. The normalized spacial score (nSPS) is 54.6. The number of aliphatic hydroxyl groups excluding tert-OH is 6. The number of ether oxygens (including phenoxy) is 5. The number of epoxide rings is 1. The molecule has 0 bridgehead atoms. The van der Waals surface area contributed by atoms with Gasteiger partial charge in [-0.15, -0.1) is 0 Å². The zero-order chi connectivity index (χ0) is 30.7. The fourth-order valence-electron chi connectivity index (χ4n) is 7.75. The molecule has 3 saturated heterocycles. The minimum absolute atomic E-state index is 0.0378. The fraction of sp³-hybridized carbons (Fsp3) is 0.871. The van der Waals surface area contributed by atoms with Crippen molar-refractivity contribution >= 4 is 0 Å². The summed E-state index contributed by atoms with van der Waals surface area (Å²) in [6, 6.07) is 0. The third-order valence-corrected chi connectivity index (χ3v) is 10.7. The second kappa shape index (κ2) is 12.1. The van der Waals surface area contributed by atoms with Crippen molar-refractivity contribution in [2.45, 2.75) is 146 Å². The smallest absolute Gasteiger partial charge is 0.186 e. The fourth-order valence-corrected chi connectivity index (χ4v) is 7.75. The Bertz CT molecular complexity index is 1020. The van der Waals surface area contributed by atoms with Gasteiger partial charge in [0.2, 0.25) is 0 Å². The molecule has 0 aromatic rings. The number of hydrogen-bond donors (Lipinski definition) is 6. The third kappa shape index (κ3) is 5.88. The van der Waals surface area contributed by atoms with Gasteiger partial charge in [0, 0.05) is 5.41 Å². The van der Waals surface area contributed by atoms with Gasteiger partial charge >= 0.3 is 0 Å². The first-order valence-corrected chi connectivity index (χ1v) is 15.3. The van der Waals surface area contributed by atoms with Gasteiger partial charge in [0.15, 0.2) is 12.6 Å². The number of hydrogen-bond acceptors (Lipinski definition) is 11. The highest BCUT2D eigenvalue weighted by molar-refractivity contribution is 5.18. The summed E-state index contributed by atoms with van der Waals surface area (Å²) in [5, 5.41) is 63.7. The van der Waals surface area contributed by atoms with Crippen molar-refractivity contribution in [3.8, 4) is 0 Å². The Balaban J connectivity index is 1.38. The van der Waals surface area contributed by atoms with Crippen molar-refractivity contribution < 1.29 is 54.3 Å². The van der Waals surface area contributed by atoms with Crippen molar-refractivity contribution in [1.82, 2.24) is 0 Å². The molecule has 0 amide bonds. The summed E-state index contributed by atoms with van der Waals surface area (Å²) in [6.07, 6.45) is -7.20. The van der Waals surface area contributed by atoms with Gasteiger partial charge in [-0.05, 0) is 77.2 Å². The third-order valence-electron chi connectivity index (χ3n) is 10.7. The van der Waals surface area contributed by atoms with Gasteiger partial charge in [-0.2, -0.15) is 0 Å². The molecular formula is C31H50O11. The van der Waals surface area contributed by atoms with E-state index in [1.165, 1.54) is 0 Å². The van der Waals surface area contributed by atoms with E-state index in [2.05, 4.69) is 26.5 Å². The highest BCUT2D eigenvalue weighted by atomic mass is 16.7. The second-order valence-corrected chi connectivity index (χ2v) is 13.8. The van der Waals surface area contributed by atoms with Gasteiger partial charge < -0.3 is 54.3 Å². The standard InChI is InChI=1S/C31H50O11/c1-14(2)17-9-11-30(5)18(17)12-19(32)15(3)8-7-10-31(6)27(42-31)26(30)41-29-24(37)22(35)25(16(4)39-29)40-28-23(36)21(34)20(33)13-38-28/h8,16-29,32-37H,1,7,9-13H2,2-6H3/b15-8+/t16-,17?,18?,19?,20-,21-,22-,23+,24+,25-,26?,27?,28-,29-,30?,31?/m0/s1. The summed E-state index contributed by atoms with van der Waals surface area (Å²) in [6.45, 7) is 13.9. The lowest BCUT2D eigenvalue weighted by molar-refractivity contribution is -0.353. The summed E-state index contributed by atoms with van der Waals surface area (Å²) in [7, 11) is 0. The number of allylic oxidation sites excluding steroid dienone is 2. The van der Waals surface area contributed by atoms with Crippen LogP contribution < -0.4 is 0 Å². The monoisotopic (exact) mass is 598 g/mol. The molecular weight excluding hydrogens is 548 g/mol. The minimum atomic E-state index is -1.55. The van der Waals surface area contributed by atoms with Crippen LogP contribution in [0.25, 0.3) is 0 Å². The van der Waals surface area contributed by atoms with Crippen LogP contribution in [0.3, 0.4) is 0 Å². The van der Waals surface area contributed by atoms with Crippen LogP contribution in [-0.2, 0) is 23.7 Å². The maximum absolute atomic E-state index is 11.2. The molecule has 11 heteroatoms. The lowest BCUT2D eigenvalue weighted by atomic mass is 9.67. The lowest BCUT2D eigenvalue weighted by Gasteiger charge is -2.47. The van der Waals surface area contributed by atoms with Crippen LogP contribution in [0.5, 0.6) is 0 Å². The number of aliphatic hydroxyl groups is 6. The highest BCUT2D eigenvalue weighted by Gasteiger charge is 2.65. The van der Waals surface area contributed by atoms with Gasteiger partial charge in [0.05, 0.1) is 30.5 Å². The zero-order valence-electron chi connectivity index (χ0n) is 25.3. The van der Waals surface area contributed by atoms with E-state index in [-0.39, 0.29) is 24.5 Å². The van der Waals surface area contributed by atoms with Crippen molar-refractivity contribution in [1.29, 1.82) is 0 Å². The first-order chi connectivity index (χ1) is 19.7. The summed E-state index contributed by atoms with van der Waals surface area (Å²) >= 11 is 0. The Hall–Kier alpha value is -0.960. The minimum Gasteiger partial charge on any atom is -0.389 e. The van der Waals surface area contributed by atoms with Crippen LogP contribution in [-0.4, -0.2) is 116 Å². The van der Waals surface area contributed by atoms with Crippen molar-refractivity contribution in [3.05, 3.63) is 23.8 Å². The molecule has 11 nitrogen and oxygen atoms in total. The van der Waals surface area contributed by atoms with Crippen LogP contribution in [0.1, 0.15) is 66.7 Å². The van der Waals surface area contributed by atoms with Crippen molar-refractivity contribution in [2.24, 2.45) is 17.3 Å². The number of fused-ring (bicyclic) bond motifs is 2. The highest BCUT2D eigenvalue weighted by Crippen LogP contribution is 2.59. The molecule has 7 unspecified atom stereocenters. The Morgan fingerprint density at radius 2 is 1.67 bits per heavy atom. The molecule has 42 heavy (non-hydrogen) atoms. The molecule has 0 spiro atoms. The lowest BCUT2D eigenvalue weighted by Crippen LogP contribution is -2.63. The second-order valence-electron chi connectivity index (χ2n) is 13.8. The molecule has 3 heterocycles. The maximum atomic E-state index is 11.2. The van der Waals surface area contributed by atoms with E-state index in [0.29, 0.717) is 6.42 Å². The Morgan fingerprint density at radius 3 is 2.36 bits per heavy atom. The van der Waals surface area contributed by atoms with Gasteiger partial charge in [0.25, 0.3) is 0 Å². The Morgan fingerprint density at radius 1 is 0.976 bits per heavy atom. The quantitative estimate of drug-likeness (QED) is 0.196. The van der Waals surface area contributed by atoms with Crippen LogP contribution >= 0.6 is 0 Å². The molecule has 3 aliphatic heterocycles. The van der Waals surface area contributed by atoms with Crippen LogP contribution in [0.2, 0.25) is 0 Å². The van der Waals surface area contributed by atoms with E-state index in [4.69, 9.17) is 23.7 Å². The number of rotatable bonds is 5. The van der Waals surface area contributed by atoms with E-state index in [0.717, 1.165) is 36.8 Å². The first kappa shape index (κ1) is 32.4. The maximum Gasteiger partial charge on any atom is 0.186 e.